The molecule has 118 valence electrons. The summed E-state index contributed by atoms with van der Waals surface area (Å²) in [4.78, 5) is 14.9. The van der Waals surface area contributed by atoms with E-state index in [0.717, 1.165) is 30.9 Å². The normalized spacial score (nSPS) is 18.9. The van der Waals surface area contributed by atoms with Gasteiger partial charge in [0.05, 0.1) is 6.54 Å². The summed E-state index contributed by atoms with van der Waals surface area (Å²) in [5, 5.41) is 0. The van der Waals surface area contributed by atoms with Crippen LogP contribution in [0.4, 0.5) is 0 Å². The van der Waals surface area contributed by atoms with Crippen molar-refractivity contribution >= 4 is 5.78 Å². The second-order valence-corrected chi connectivity index (χ2v) is 6.89. The Kier molecular flexibility index (Phi) is 4.92. The number of hydrogen-bond acceptors (Lipinski definition) is 2. The van der Waals surface area contributed by atoms with Crippen molar-refractivity contribution in [2.45, 2.75) is 60.4 Å². The van der Waals surface area contributed by atoms with Crippen LogP contribution in [-0.4, -0.2) is 34.9 Å². The summed E-state index contributed by atoms with van der Waals surface area (Å²) in [7, 11) is 0. The summed E-state index contributed by atoms with van der Waals surface area (Å²) in [6, 6.07) is 2.06. The third-order valence-electron chi connectivity index (χ3n) is 5.47. The Balaban J connectivity index is 2.00. The highest BCUT2D eigenvalue weighted by molar-refractivity contribution is 5.99. The molecule has 0 amide bonds. The molecular formula is C18H30N2O. The average molecular weight is 290 g/mol. The fraction of sp³-hybridized carbons (Fsp3) is 0.722. The molecule has 0 unspecified atom stereocenters. The fourth-order valence-electron chi connectivity index (χ4n) is 3.46. The molecule has 0 atom stereocenters. The number of carbonyl (C=O) groups is 1. The van der Waals surface area contributed by atoms with E-state index in [9.17, 15) is 4.79 Å². The van der Waals surface area contributed by atoms with Crippen molar-refractivity contribution < 1.29 is 4.79 Å². The van der Waals surface area contributed by atoms with Gasteiger partial charge in [-0.05, 0) is 58.2 Å². The van der Waals surface area contributed by atoms with Crippen LogP contribution in [0.3, 0.4) is 0 Å². The van der Waals surface area contributed by atoms with Gasteiger partial charge in [0.25, 0.3) is 0 Å². The molecule has 0 radical (unpaired) electrons. The van der Waals surface area contributed by atoms with Crippen LogP contribution in [0.15, 0.2) is 6.07 Å². The predicted molar refractivity (Wildman–Crippen MR) is 88.0 cm³/mol. The first-order valence-electron chi connectivity index (χ1n) is 8.32. The van der Waals surface area contributed by atoms with Crippen molar-refractivity contribution in [3.05, 3.63) is 23.0 Å². The van der Waals surface area contributed by atoms with E-state index in [-0.39, 0.29) is 5.78 Å². The Labute approximate surface area is 129 Å². The summed E-state index contributed by atoms with van der Waals surface area (Å²) in [5.41, 5.74) is 3.71. The van der Waals surface area contributed by atoms with E-state index in [1.165, 1.54) is 25.0 Å². The zero-order valence-electron chi connectivity index (χ0n) is 14.3. The topological polar surface area (TPSA) is 25.2 Å². The van der Waals surface area contributed by atoms with E-state index in [2.05, 4.69) is 50.2 Å². The van der Waals surface area contributed by atoms with E-state index in [4.69, 9.17) is 0 Å². The lowest BCUT2D eigenvalue weighted by Gasteiger charge is -2.38. The minimum absolute atomic E-state index is 0.280. The molecule has 0 bridgehead atoms. The zero-order chi connectivity index (χ0) is 15.6. The Morgan fingerprint density at radius 2 is 1.86 bits per heavy atom. The molecule has 0 aliphatic carbocycles. The second kappa shape index (κ2) is 6.35. The third-order valence-corrected chi connectivity index (χ3v) is 5.47. The van der Waals surface area contributed by atoms with Gasteiger partial charge in [0.2, 0.25) is 0 Å². The molecule has 3 heteroatoms. The predicted octanol–water partition coefficient (Wildman–Crippen LogP) is 3.82. The first-order chi connectivity index (χ1) is 9.90. The highest BCUT2D eigenvalue weighted by Crippen LogP contribution is 2.33. The summed E-state index contributed by atoms with van der Waals surface area (Å²) in [6.45, 7) is 14.6. The van der Waals surface area contributed by atoms with Gasteiger partial charge < -0.3 is 4.57 Å². The standard InChI is InChI=1S/C18H30N2O/c1-6-18(5)8-10-19(11-9-18)13-17(21)16-12-14(3)20(7-2)15(16)4/h12H,6-11,13H2,1-5H3. The minimum Gasteiger partial charge on any atom is -0.349 e. The van der Waals surface area contributed by atoms with Gasteiger partial charge in [-0.3, -0.25) is 9.69 Å². The van der Waals surface area contributed by atoms with Crippen LogP contribution in [-0.2, 0) is 6.54 Å². The van der Waals surface area contributed by atoms with Crippen LogP contribution in [0.5, 0.6) is 0 Å². The molecule has 3 nitrogen and oxygen atoms in total. The Hall–Kier alpha value is -1.09. The molecule has 1 fully saturated rings. The SMILES string of the molecule is CCn1c(C)cc(C(=O)CN2CCC(C)(CC)CC2)c1C. The lowest BCUT2D eigenvalue weighted by molar-refractivity contribution is 0.0812. The van der Waals surface area contributed by atoms with Gasteiger partial charge in [-0.25, -0.2) is 0 Å². The van der Waals surface area contributed by atoms with Gasteiger partial charge in [-0.15, -0.1) is 0 Å². The van der Waals surface area contributed by atoms with Gasteiger partial charge in [0.1, 0.15) is 0 Å². The highest BCUT2D eigenvalue weighted by atomic mass is 16.1. The monoisotopic (exact) mass is 290 g/mol. The van der Waals surface area contributed by atoms with Gasteiger partial charge in [-0.1, -0.05) is 20.3 Å². The average Bonchev–Trinajstić information content (AvgIpc) is 2.76. The van der Waals surface area contributed by atoms with Crippen molar-refractivity contribution in [2.75, 3.05) is 19.6 Å². The van der Waals surface area contributed by atoms with Crippen LogP contribution in [0, 0.1) is 19.3 Å². The van der Waals surface area contributed by atoms with Crippen molar-refractivity contribution in [1.29, 1.82) is 0 Å². The maximum absolute atomic E-state index is 12.6. The number of ketones is 1. The number of Topliss-reactive ketones (excluding diaryl/α,β-unsaturated/α-hetero) is 1. The van der Waals surface area contributed by atoms with Crippen LogP contribution in [0.25, 0.3) is 0 Å². The van der Waals surface area contributed by atoms with Gasteiger partial charge in [-0.2, -0.15) is 0 Å². The Bertz CT molecular complexity index is 508. The number of likely N-dealkylation sites (tertiary alicyclic amines) is 1. The lowest BCUT2D eigenvalue weighted by atomic mass is 9.78. The smallest absolute Gasteiger partial charge is 0.178 e. The molecule has 1 aromatic heterocycles. The van der Waals surface area contributed by atoms with Crippen molar-refractivity contribution in [1.82, 2.24) is 9.47 Å². The molecule has 1 aromatic rings. The van der Waals surface area contributed by atoms with Gasteiger partial charge in [0, 0.05) is 23.5 Å². The molecule has 2 heterocycles. The highest BCUT2D eigenvalue weighted by Gasteiger charge is 2.29. The first kappa shape index (κ1) is 16.3. The van der Waals surface area contributed by atoms with E-state index in [0.29, 0.717) is 12.0 Å². The number of nitrogens with zero attached hydrogens (tertiary/aromatic N) is 2. The Morgan fingerprint density at radius 1 is 1.24 bits per heavy atom. The maximum atomic E-state index is 12.6. The molecule has 1 saturated heterocycles. The van der Waals surface area contributed by atoms with Gasteiger partial charge in [0.15, 0.2) is 5.78 Å². The summed E-state index contributed by atoms with van der Waals surface area (Å²) < 4.78 is 2.22. The number of carbonyl (C=O) groups excluding carboxylic acids is 1. The molecule has 1 aliphatic heterocycles. The van der Waals surface area contributed by atoms with E-state index < -0.39 is 0 Å². The van der Waals surface area contributed by atoms with Crippen LogP contribution >= 0.6 is 0 Å². The molecule has 2 rings (SSSR count). The Morgan fingerprint density at radius 3 is 2.33 bits per heavy atom. The molecule has 0 spiro atoms. The maximum Gasteiger partial charge on any atom is 0.178 e. The van der Waals surface area contributed by atoms with Crippen LogP contribution in [0.1, 0.15) is 61.8 Å². The molecular weight excluding hydrogens is 260 g/mol. The lowest BCUT2D eigenvalue weighted by Crippen LogP contribution is -2.41. The number of piperidine rings is 1. The van der Waals surface area contributed by atoms with Crippen molar-refractivity contribution in [3.63, 3.8) is 0 Å². The second-order valence-electron chi connectivity index (χ2n) is 6.89. The van der Waals surface area contributed by atoms with E-state index in [1.54, 1.807) is 0 Å². The third kappa shape index (κ3) is 3.39. The van der Waals surface area contributed by atoms with Crippen molar-refractivity contribution in [2.24, 2.45) is 5.41 Å². The van der Waals surface area contributed by atoms with Crippen LogP contribution in [0.2, 0.25) is 0 Å². The summed E-state index contributed by atoms with van der Waals surface area (Å²) >= 11 is 0. The number of rotatable bonds is 5. The van der Waals surface area contributed by atoms with Gasteiger partial charge >= 0.3 is 0 Å². The number of aromatic nitrogens is 1. The van der Waals surface area contributed by atoms with Crippen molar-refractivity contribution in [3.8, 4) is 0 Å². The van der Waals surface area contributed by atoms with E-state index in [1.807, 2.05) is 0 Å². The quantitative estimate of drug-likeness (QED) is 0.770. The van der Waals surface area contributed by atoms with E-state index >= 15 is 0 Å². The minimum atomic E-state index is 0.280. The largest absolute Gasteiger partial charge is 0.349 e. The summed E-state index contributed by atoms with van der Waals surface area (Å²) in [5.74, 6) is 0.280. The molecule has 21 heavy (non-hydrogen) atoms. The molecule has 0 saturated carbocycles. The van der Waals surface area contributed by atoms with Crippen LogP contribution < -0.4 is 0 Å². The fourth-order valence-corrected chi connectivity index (χ4v) is 3.46. The first-order valence-corrected chi connectivity index (χ1v) is 8.32. The number of hydrogen-bond donors (Lipinski definition) is 0. The number of aryl methyl sites for hydroxylation is 1. The molecule has 1 aliphatic rings. The molecule has 0 aromatic carbocycles. The molecule has 0 N–H and O–H groups in total. The zero-order valence-corrected chi connectivity index (χ0v) is 14.3. The summed E-state index contributed by atoms with van der Waals surface area (Å²) in [6.07, 6.45) is 3.67.